The van der Waals surface area contributed by atoms with Crippen LogP contribution in [0.4, 0.5) is 0 Å². The number of hydrogen-bond donors (Lipinski definition) is 0. The maximum atomic E-state index is 8.99. The summed E-state index contributed by atoms with van der Waals surface area (Å²) >= 11 is 0. The monoisotopic (exact) mass is 351 g/mol. The Morgan fingerprint density at radius 2 is 1.88 bits per heavy atom. The maximum absolute atomic E-state index is 8.99. The van der Waals surface area contributed by atoms with E-state index < -0.39 is 0 Å². The zero-order chi connectivity index (χ0) is 18.4. The summed E-state index contributed by atoms with van der Waals surface area (Å²) in [7, 11) is 1.61. The Morgan fingerprint density at radius 1 is 1.08 bits per heavy atom. The van der Waals surface area contributed by atoms with Crippen LogP contribution in [0, 0.1) is 11.3 Å². The van der Waals surface area contributed by atoms with E-state index in [1.54, 1.807) is 25.3 Å². The molecule has 0 N–H and O–H groups in total. The van der Waals surface area contributed by atoms with Gasteiger partial charge in [0, 0.05) is 11.6 Å². The topological polar surface area (TPSA) is 90.4 Å². The Labute approximate surface area is 150 Å². The summed E-state index contributed by atoms with van der Waals surface area (Å²) in [6, 6.07) is 14.4. The van der Waals surface area contributed by atoms with E-state index in [1.165, 1.54) is 0 Å². The fourth-order valence-electron chi connectivity index (χ4n) is 2.27. The van der Waals surface area contributed by atoms with Crippen LogP contribution >= 0.6 is 0 Å². The van der Waals surface area contributed by atoms with Crippen molar-refractivity contribution in [3.05, 3.63) is 53.9 Å². The molecule has 0 spiro atoms. The predicted molar refractivity (Wildman–Crippen MR) is 92.9 cm³/mol. The fourth-order valence-corrected chi connectivity index (χ4v) is 2.27. The molecule has 0 saturated carbocycles. The first-order chi connectivity index (χ1) is 12.7. The summed E-state index contributed by atoms with van der Waals surface area (Å²) in [5.74, 6) is 2.58. The third-order valence-corrected chi connectivity index (χ3v) is 3.53. The average Bonchev–Trinajstić information content (AvgIpc) is 3.16. The lowest BCUT2D eigenvalue weighted by molar-refractivity contribution is 0.258. The SMILES string of the molecule is CCOc1cc(C#N)ccc1OCc1noc(-c2ccc(OC)cc2)n1. The Kier molecular flexibility index (Phi) is 5.34. The molecule has 3 aromatic rings. The quantitative estimate of drug-likeness (QED) is 0.642. The molecule has 0 bridgehead atoms. The van der Waals surface area contributed by atoms with Crippen molar-refractivity contribution in [3.8, 4) is 34.8 Å². The van der Waals surface area contributed by atoms with E-state index >= 15 is 0 Å². The standard InChI is InChI=1S/C19H17N3O4/c1-3-24-17-10-13(11-20)4-9-16(17)25-12-18-21-19(26-22-18)14-5-7-15(23-2)8-6-14/h4-10H,3,12H2,1-2H3. The van der Waals surface area contributed by atoms with Crippen LogP contribution in [0.15, 0.2) is 47.0 Å². The van der Waals surface area contributed by atoms with Crippen LogP contribution in [0.1, 0.15) is 18.3 Å². The summed E-state index contributed by atoms with van der Waals surface area (Å²) in [6.07, 6.45) is 0. The minimum atomic E-state index is 0.117. The number of ether oxygens (including phenoxy) is 3. The van der Waals surface area contributed by atoms with Crippen LogP contribution in [0.2, 0.25) is 0 Å². The van der Waals surface area contributed by atoms with Crippen LogP contribution in [-0.4, -0.2) is 23.9 Å². The van der Waals surface area contributed by atoms with E-state index in [2.05, 4.69) is 16.2 Å². The zero-order valence-corrected chi connectivity index (χ0v) is 14.4. The number of methoxy groups -OCH3 is 1. The Morgan fingerprint density at radius 3 is 2.58 bits per heavy atom. The summed E-state index contributed by atoms with van der Waals surface area (Å²) in [5.41, 5.74) is 1.29. The van der Waals surface area contributed by atoms with Crippen molar-refractivity contribution in [1.82, 2.24) is 10.1 Å². The van der Waals surface area contributed by atoms with Crippen molar-refractivity contribution in [3.63, 3.8) is 0 Å². The van der Waals surface area contributed by atoms with Gasteiger partial charge in [0.15, 0.2) is 18.1 Å². The number of nitriles is 1. The molecule has 0 amide bonds. The highest BCUT2D eigenvalue weighted by Crippen LogP contribution is 2.29. The zero-order valence-electron chi connectivity index (χ0n) is 14.4. The number of aromatic nitrogens is 2. The highest BCUT2D eigenvalue weighted by molar-refractivity contribution is 5.54. The van der Waals surface area contributed by atoms with Crippen LogP contribution in [0.5, 0.6) is 17.2 Å². The molecule has 2 aromatic carbocycles. The van der Waals surface area contributed by atoms with Gasteiger partial charge in [-0.1, -0.05) is 5.16 Å². The van der Waals surface area contributed by atoms with E-state index in [-0.39, 0.29) is 6.61 Å². The van der Waals surface area contributed by atoms with Crippen molar-refractivity contribution in [2.75, 3.05) is 13.7 Å². The lowest BCUT2D eigenvalue weighted by atomic mass is 10.2. The lowest BCUT2D eigenvalue weighted by Crippen LogP contribution is -2.01. The van der Waals surface area contributed by atoms with E-state index in [0.29, 0.717) is 35.4 Å². The van der Waals surface area contributed by atoms with Crippen molar-refractivity contribution >= 4 is 0 Å². The van der Waals surface area contributed by atoms with Gasteiger partial charge in [-0.25, -0.2) is 0 Å². The van der Waals surface area contributed by atoms with Gasteiger partial charge in [0.1, 0.15) is 5.75 Å². The molecule has 3 rings (SSSR count). The molecule has 0 radical (unpaired) electrons. The normalized spacial score (nSPS) is 10.2. The first kappa shape index (κ1) is 17.3. The van der Waals surface area contributed by atoms with Crippen LogP contribution < -0.4 is 14.2 Å². The van der Waals surface area contributed by atoms with Gasteiger partial charge in [0.25, 0.3) is 5.89 Å². The molecule has 0 saturated heterocycles. The second-order valence-electron chi connectivity index (χ2n) is 5.24. The molecule has 0 atom stereocenters. The molecule has 7 nitrogen and oxygen atoms in total. The van der Waals surface area contributed by atoms with Crippen molar-refractivity contribution in [1.29, 1.82) is 5.26 Å². The predicted octanol–water partition coefficient (Wildman–Crippen LogP) is 3.59. The van der Waals surface area contributed by atoms with Gasteiger partial charge in [-0.3, -0.25) is 0 Å². The molecular formula is C19H17N3O4. The van der Waals surface area contributed by atoms with Gasteiger partial charge in [-0.15, -0.1) is 0 Å². The van der Waals surface area contributed by atoms with E-state index in [1.807, 2.05) is 31.2 Å². The van der Waals surface area contributed by atoms with Gasteiger partial charge in [0.2, 0.25) is 5.82 Å². The molecule has 26 heavy (non-hydrogen) atoms. The minimum absolute atomic E-state index is 0.117. The number of nitrogens with zero attached hydrogens (tertiary/aromatic N) is 3. The average molecular weight is 351 g/mol. The largest absolute Gasteiger partial charge is 0.497 e. The Balaban J connectivity index is 1.71. The lowest BCUT2D eigenvalue weighted by Gasteiger charge is -2.10. The third-order valence-electron chi connectivity index (χ3n) is 3.53. The number of hydrogen-bond acceptors (Lipinski definition) is 7. The maximum Gasteiger partial charge on any atom is 0.258 e. The molecule has 0 aliphatic heterocycles. The van der Waals surface area contributed by atoms with Crippen LogP contribution in [0.3, 0.4) is 0 Å². The fraction of sp³-hybridized carbons (Fsp3) is 0.211. The van der Waals surface area contributed by atoms with Gasteiger partial charge >= 0.3 is 0 Å². The minimum Gasteiger partial charge on any atom is -0.497 e. The molecule has 0 unspecified atom stereocenters. The molecule has 132 valence electrons. The highest BCUT2D eigenvalue weighted by atomic mass is 16.5. The van der Waals surface area contributed by atoms with E-state index in [0.717, 1.165) is 11.3 Å². The van der Waals surface area contributed by atoms with E-state index in [9.17, 15) is 0 Å². The van der Waals surface area contributed by atoms with Crippen LogP contribution in [0.25, 0.3) is 11.5 Å². The second kappa shape index (κ2) is 8.03. The molecular weight excluding hydrogens is 334 g/mol. The summed E-state index contributed by atoms with van der Waals surface area (Å²) in [4.78, 5) is 4.32. The first-order valence-electron chi connectivity index (χ1n) is 8.00. The summed E-state index contributed by atoms with van der Waals surface area (Å²) in [5, 5.41) is 12.9. The van der Waals surface area contributed by atoms with Crippen molar-refractivity contribution in [2.45, 2.75) is 13.5 Å². The molecule has 1 aromatic heterocycles. The third kappa shape index (κ3) is 3.92. The molecule has 7 heteroatoms. The molecule has 0 aliphatic carbocycles. The summed E-state index contributed by atoms with van der Waals surface area (Å²) < 4.78 is 21.6. The van der Waals surface area contributed by atoms with Gasteiger partial charge in [-0.2, -0.15) is 10.2 Å². The van der Waals surface area contributed by atoms with Gasteiger partial charge in [0.05, 0.1) is 25.3 Å². The molecule has 1 heterocycles. The van der Waals surface area contributed by atoms with E-state index in [4.69, 9.17) is 24.0 Å². The Bertz CT molecular complexity index is 913. The number of benzene rings is 2. The van der Waals surface area contributed by atoms with Crippen LogP contribution in [-0.2, 0) is 6.61 Å². The highest BCUT2D eigenvalue weighted by Gasteiger charge is 2.12. The smallest absolute Gasteiger partial charge is 0.258 e. The van der Waals surface area contributed by atoms with Gasteiger partial charge in [-0.05, 0) is 43.3 Å². The van der Waals surface area contributed by atoms with Crippen molar-refractivity contribution < 1.29 is 18.7 Å². The van der Waals surface area contributed by atoms with Crippen molar-refractivity contribution in [2.24, 2.45) is 0 Å². The molecule has 0 fully saturated rings. The van der Waals surface area contributed by atoms with Gasteiger partial charge < -0.3 is 18.7 Å². The first-order valence-corrected chi connectivity index (χ1v) is 8.00. The summed E-state index contributed by atoms with van der Waals surface area (Å²) in [6.45, 7) is 2.45. The second-order valence-corrected chi connectivity index (χ2v) is 5.24. The Hall–Kier alpha value is -3.53. The molecule has 0 aliphatic rings. The number of rotatable bonds is 7.